The Morgan fingerprint density at radius 2 is 1.81 bits per heavy atom. The standard InChI is InChI=1S/C23H36ClN3O4S/c1-5-13-26(32(30,31)6-2)17-22(28)27(16-20-10-8-7-9-18(20)3)21-11-14-25(15-12-21)23(29)19(4)24/h7-10,19,21H,5-6,11-17H2,1-4H3/t19-/m1/s1. The first-order valence-corrected chi connectivity index (χ1v) is 13.4. The zero-order valence-electron chi connectivity index (χ0n) is 19.6. The second kappa shape index (κ2) is 12.0. The van der Waals surface area contributed by atoms with Crippen LogP contribution in [0.2, 0.25) is 0 Å². The minimum Gasteiger partial charge on any atom is -0.341 e. The van der Waals surface area contributed by atoms with Crippen molar-refractivity contribution in [3.63, 3.8) is 0 Å². The van der Waals surface area contributed by atoms with Gasteiger partial charge in [0.1, 0.15) is 5.38 Å². The Kier molecular flexibility index (Phi) is 9.98. The monoisotopic (exact) mass is 485 g/mol. The number of benzene rings is 1. The average Bonchev–Trinajstić information content (AvgIpc) is 2.77. The maximum atomic E-state index is 13.4. The van der Waals surface area contributed by atoms with Gasteiger partial charge in [-0.15, -0.1) is 11.6 Å². The lowest BCUT2D eigenvalue weighted by atomic mass is 10.0. The molecule has 0 bridgehead atoms. The highest BCUT2D eigenvalue weighted by atomic mass is 35.5. The molecule has 1 heterocycles. The van der Waals surface area contributed by atoms with Crippen molar-refractivity contribution in [2.45, 2.75) is 64.9 Å². The van der Waals surface area contributed by atoms with Gasteiger partial charge in [0.05, 0.1) is 12.3 Å². The van der Waals surface area contributed by atoms with E-state index in [4.69, 9.17) is 11.6 Å². The number of carbonyl (C=O) groups excluding carboxylic acids is 2. The third-order valence-electron chi connectivity index (χ3n) is 6.02. The summed E-state index contributed by atoms with van der Waals surface area (Å²) in [6, 6.07) is 7.84. The number of likely N-dealkylation sites (tertiary alicyclic amines) is 1. The van der Waals surface area contributed by atoms with Gasteiger partial charge in [-0.25, -0.2) is 8.42 Å². The number of rotatable bonds is 10. The Hall–Kier alpha value is -1.64. The fourth-order valence-corrected chi connectivity index (χ4v) is 5.30. The van der Waals surface area contributed by atoms with Gasteiger partial charge in [-0.1, -0.05) is 31.2 Å². The molecule has 9 heteroatoms. The zero-order chi connectivity index (χ0) is 23.9. The van der Waals surface area contributed by atoms with Gasteiger partial charge in [-0.3, -0.25) is 9.59 Å². The number of aryl methyl sites for hydroxylation is 1. The largest absolute Gasteiger partial charge is 0.341 e. The first-order valence-electron chi connectivity index (χ1n) is 11.3. The maximum Gasteiger partial charge on any atom is 0.240 e. The van der Waals surface area contributed by atoms with Gasteiger partial charge >= 0.3 is 0 Å². The number of carbonyl (C=O) groups is 2. The van der Waals surface area contributed by atoms with Crippen molar-refractivity contribution in [1.82, 2.24) is 14.1 Å². The van der Waals surface area contributed by atoms with Crippen molar-refractivity contribution in [3.8, 4) is 0 Å². The Bertz CT molecular complexity index is 883. The van der Waals surface area contributed by atoms with Crippen LogP contribution >= 0.6 is 11.6 Å². The lowest BCUT2D eigenvalue weighted by molar-refractivity contribution is -0.137. The van der Waals surface area contributed by atoms with E-state index in [0.717, 1.165) is 11.1 Å². The first-order chi connectivity index (χ1) is 15.1. The second-order valence-electron chi connectivity index (χ2n) is 8.35. The quantitative estimate of drug-likeness (QED) is 0.477. The summed E-state index contributed by atoms with van der Waals surface area (Å²) in [7, 11) is -3.47. The number of alkyl halides is 1. The number of nitrogens with zero attached hydrogens (tertiary/aromatic N) is 3. The molecule has 0 spiro atoms. The molecule has 1 atom stereocenters. The number of hydrogen-bond acceptors (Lipinski definition) is 4. The summed E-state index contributed by atoms with van der Waals surface area (Å²) < 4.78 is 26.3. The van der Waals surface area contributed by atoms with Gasteiger partial charge in [0.15, 0.2) is 0 Å². The normalized spacial score (nSPS) is 16.2. The van der Waals surface area contributed by atoms with Crippen LogP contribution in [0.15, 0.2) is 24.3 Å². The summed E-state index contributed by atoms with van der Waals surface area (Å²) in [4.78, 5) is 29.2. The predicted molar refractivity (Wildman–Crippen MR) is 128 cm³/mol. The van der Waals surface area contributed by atoms with Gasteiger partial charge in [0, 0.05) is 32.2 Å². The lowest BCUT2D eigenvalue weighted by Crippen LogP contribution is -2.52. The van der Waals surface area contributed by atoms with Crippen LogP contribution in [-0.4, -0.2) is 77.7 Å². The van der Waals surface area contributed by atoms with Gasteiger partial charge in [-0.05, 0) is 51.2 Å². The van der Waals surface area contributed by atoms with E-state index >= 15 is 0 Å². The van der Waals surface area contributed by atoms with Crippen molar-refractivity contribution in [2.75, 3.05) is 31.9 Å². The number of amides is 2. The summed E-state index contributed by atoms with van der Waals surface area (Å²) in [5, 5.41) is -0.571. The fraction of sp³-hybridized carbons (Fsp3) is 0.652. The molecule has 1 fully saturated rings. The molecule has 1 aliphatic heterocycles. The minimum absolute atomic E-state index is 0.0326. The number of sulfonamides is 1. The van der Waals surface area contributed by atoms with Gasteiger partial charge in [0.2, 0.25) is 21.8 Å². The molecule has 0 aromatic heterocycles. The highest BCUT2D eigenvalue weighted by Crippen LogP contribution is 2.22. The minimum atomic E-state index is -3.47. The van der Waals surface area contributed by atoms with Crippen LogP contribution in [-0.2, 0) is 26.2 Å². The summed E-state index contributed by atoms with van der Waals surface area (Å²) in [6.07, 6.45) is 1.92. The molecule has 7 nitrogen and oxygen atoms in total. The van der Waals surface area contributed by atoms with Crippen molar-refractivity contribution in [1.29, 1.82) is 0 Å². The molecule has 180 valence electrons. The van der Waals surface area contributed by atoms with Crippen LogP contribution in [0.25, 0.3) is 0 Å². The van der Waals surface area contributed by atoms with Crippen LogP contribution in [0, 0.1) is 6.92 Å². The number of halogens is 1. The summed E-state index contributed by atoms with van der Waals surface area (Å²) in [6.45, 7) is 8.81. The third-order valence-corrected chi connectivity index (χ3v) is 8.04. The van der Waals surface area contributed by atoms with Crippen LogP contribution < -0.4 is 0 Å². The fourth-order valence-electron chi connectivity index (χ4n) is 4.03. The molecule has 1 saturated heterocycles. The second-order valence-corrected chi connectivity index (χ2v) is 11.3. The van der Waals surface area contributed by atoms with Gasteiger partial charge in [0.25, 0.3) is 0 Å². The number of hydrogen-bond donors (Lipinski definition) is 0. The molecule has 0 unspecified atom stereocenters. The molecule has 2 amide bonds. The smallest absolute Gasteiger partial charge is 0.240 e. The molecule has 0 N–H and O–H groups in total. The molecule has 0 aliphatic carbocycles. The molecule has 0 radical (unpaired) electrons. The van der Waals surface area contributed by atoms with E-state index in [9.17, 15) is 18.0 Å². The van der Waals surface area contributed by atoms with Gasteiger partial charge < -0.3 is 9.80 Å². The third kappa shape index (κ3) is 6.93. The van der Waals surface area contributed by atoms with E-state index in [2.05, 4.69) is 0 Å². The Labute approximate surface area is 197 Å². The average molecular weight is 486 g/mol. The molecule has 2 rings (SSSR count). The van der Waals surface area contributed by atoms with Gasteiger partial charge in [-0.2, -0.15) is 4.31 Å². The molecular formula is C23H36ClN3O4S. The number of piperidine rings is 1. The Morgan fingerprint density at radius 3 is 2.34 bits per heavy atom. The van der Waals surface area contributed by atoms with E-state index in [0.29, 0.717) is 45.4 Å². The van der Waals surface area contributed by atoms with Crippen LogP contribution in [0.1, 0.15) is 51.2 Å². The first kappa shape index (κ1) is 26.6. The van der Waals surface area contributed by atoms with E-state index in [-0.39, 0.29) is 30.2 Å². The van der Waals surface area contributed by atoms with E-state index in [1.165, 1.54) is 4.31 Å². The molecule has 0 saturated carbocycles. The van der Waals surface area contributed by atoms with Crippen LogP contribution in [0.5, 0.6) is 0 Å². The van der Waals surface area contributed by atoms with E-state index < -0.39 is 15.4 Å². The molecule has 32 heavy (non-hydrogen) atoms. The maximum absolute atomic E-state index is 13.4. The SMILES string of the molecule is CCCN(CC(=O)N(Cc1ccccc1C)C1CCN(C(=O)[C@@H](C)Cl)CC1)S(=O)(=O)CC. The summed E-state index contributed by atoms with van der Waals surface area (Å²) in [5.41, 5.74) is 2.12. The highest BCUT2D eigenvalue weighted by molar-refractivity contribution is 7.89. The van der Waals surface area contributed by atoms with Crippen LogP contribution in [0.4, 0.5) is 0 Å². The van der Waals surface area contributed by atoms with Crippen molar-refractivity contribution in [2.24, 2.45) is 0 Å². The molecular weight excluding hydrogens is 450 g/mol. The van der Waals surface area contributed by atoms with Crippen molar-refractivity contribution < 1.29 is 18.0 Å². The topological polar surface area (TPSA) is 78.0 Å². The van der Waals surface area contributed by atoms with Crippen LogP contribution in [0.3, 0.4) is 0 Å². The molecule has 1 aromatic rings. The lowest BCUT2D eigenvalue weighted by Gasteiger charge is -2.40. The Balaban J connectivity index is 2.24. The van der Waals surface area contributed by atoms with E-state index in [1.54, 1.807) is 18.7 Å². The summed E-state index contributed by atoms with van der Waals surface area (Å²) >= 11 is 5.96. The van der Waals surface area contributed by atoms with Crippen molar-refractivity contribution in [3.05, 3.63) is 35.4 Å². The van der Waals surface area contributed by atoms with Crippen molar-refractivity contribution >= 4 is 33.4 Å². The highest BCUT2D eigenvalue weighted by Gasteiger charge is 2.33. The molecule has 1 aliphatic rings. The predicted octanol–water partition coefficient (Wildman–Crippen LogP) is 3.00. The van der Waals surface area contributed by atoms with E-state index in [1.807, 2.05) is 43.0 Å². The summed E-state index contributed by atoms with van der Waals surface area (Å²) in [5.74, 6) is -0.325. The molecule has 1 aromatic carbocycles. The zero-order valence-corrected chi connectivity index (χ0v) is 21.2. The Morgan fingerprint density at radius 1 is 1.19 bits per heavy atom.